The Bertz CT molecular complexity index is 1410. The number of fused-ring (bicyclic) bond motifs is 1. The molecule has 0 saturated heterocycles. The van der Waals surface area contributed by atoms with Crippen LogP contribution in [0.5, 0.6) is 11.5 Å². The summed E-state index contributed by atoms with van der Waals surface area (Å²) in [5.41, 5.74) is 6.87. The van der Waals surface area contributed by atoms with Gasteiger partial charge in [-0.2, -0.15) is 0 Å². The Morgan fingerprint density at radius 2 is 1.71 bits per heavy atom. The zero-order valence-corrected chi connectivity index (χ0v) is 20.8. The predicted molar refractivity (Wildman–Crippen MR) is 139 cm³/mol. The van der Waals surface area contributed by atoms with Crippen molar-refractivity contribution in [2.75, 3.05) is 0 Å². The molecule has 7 nitrogen and oxygen atoms in total. The van der Waals surface area contributed by atoms with Gasteiger partial charge in [-0.05, 0) is 77.9 Å². The number of primary amides is 1. The van der Waals surface area contributed by atoms with Crippen LogP contribution in [0, 0.1) is 3.57 Å². The number of unbranched alkanes of at least 4 members (excludes halogenated alkanes) is 1. The number of hydrogen-bond acceptors (Lipinski definition) is 6. The van der Waals surface area contributed by atoms with Crippen LogP contribution < -0.4 is 10.5 Å². The third-order valence-electron chi connectivity index (χ3n) is 5.47. The summed E-state index contributed by atoms with van der Waals surface area (Å²) in [6.45, 7) is 0. The highest BCUT2D eigenvalue weighted by atomic mass is 127. The fourth-order valence-corrected chi connectivity index (χ4v) is 4.25. The molecule has 3 aromatic carbocycles. The van der Waals surface area contributed by atoms with Gasteiger partial charge in [-0.3, -0.25) is 9.59 Å². The van der Waals surface area contributed by atoms with Gasteiger partial charge < -0.3 is 20.0 Å². The Morgan fingerprint density at radius 1 is 0.943 bits per heavy atom. The standard InChI is InChI=1S/C27H22INO6/c28-20-14-17(10-13-21(20)30)26(32)25-19-12-11-18(34-27(33)16-6-2-1-3-7-16)15-23(19)35-22(25)8-4-5-9-24(29)31/h1-3,6-7,10-15,30H,4-5,8-9H2,(H2,29,31). The van der Waals surface area contributed by atoms with Crippen LogP contribution >= 0.6 is 22.6 Å². The fraction of sp³-hybridized carbons (Fsp3) is 0.148. The first kappa shape index (κ1) is 24.5. The minimum atomic E-state index is -0.502. The minimum absolute atomic E-state index is 0.0933. The SMILES string of the molecule is NC(=O)CCCCc1oc2cc(OC(=O)c3ccccc3)ccc2c1C(=O)c1ccc(O)c(I)c1. The third-order valence-corrected chi connectivity index (χ3v) is 6.33. The van der Waals surface area contributed by atoms with Gasteiger partial charge in [0.2, 0.25) is 5.91 Å². The van der Waals surface area contributed by atoms with E-state index in [2.05, 4.69) is 0 Å². The number of benzene rings is 3. The van der Waals surface area contributed by atoms with Crippen LogP contribution in [0.3, 0.4) is 0 Å². The molecule has 0 aliphatic carbocycles. The number of nitrogens with two attached hydrogens (primary N) is 1. The van der Waals surface area contributed by atoms with Gasteiger partial charge in [0, 0.05) is 29.9 Å². The van der Waals surface area contributed by atoms with Crippen molar-refractivity contribution >= 4 is 51.2 Å². The second kappa shape index (κ2) is 10.7. The lowest BCUT2D eigenvalue weighted by Gasteiger charge is -2.06. The molecule has 0 fully saturated rings. The number of rotatable bonds is 9. The molecule has 0 radical (unpaired) electrons. The van der Waals surface area contributed by atoms with Crippen molar-refractivity contribution in [2.24, 2.45) is 5.73 Å². The van der Waals surface area contributed by atoms with E-state index >= 15 is 0 Å². The molecule has 4 rings (SSSR count). The Kier molecular flexibility index (Phi) is 7.50. The summed E-state index contributed by atoms with van der Waals surface area (Å²) in [4.78, 5) is 37.0. The predicted octanol–water partition coefficient (Wildman–Crippen LogP) is 5.39. The fourth-order valence-electron chi connectivity index (χ4n) is 3.73. The summed E-state index contributed by atoms with van der Waals surface area (Å²) in [6.07, 6.45) is 1.85. The van der Waals surface area contributed by atoms with Crippen molar-refractivity contribution in [2.45, 2.75) is 25.7 Å². The van der Waals surface area contributed by atoms with Crippen LogP contribution in [0.2, 0.25) is 0 Å². The number of phenolic OH excluding ortho intramolecular Hbond substituents is 1. The lowest BCUT2D eigenvalue weighted by atomic mass is 9.98. The lowest BCUT2D eigenvalue weighted by molar-refractivity contribution is -0.118. The van der Waals surface area contributed by atoms with Crippen LogP contribution in [0.25, 0.3) is 11.0 Å². The second-order valence-corrected chi connectivity index (χ2v) is 9.14. The van der Waals surface area contributed by atoms with E-state index in [0.717, 1.165) is 0 Å². The van der Waals surface area contributed by atoms with Gasteiger partial charge in [-0.1, -0.05) is 18.2 Å². The Labute approximate surface area is 215 Å². The molecule has 3 N–H and O–H groups in total. The van der Waals surface area contributed by atoms with Gasteiger partial charge in [-0.15, -0.1) is 0 Å². The zero-order chi connectivity index (χ0) is 24.9. The number of furan rings is 1. The van der Waals surface area contributed by atoms with E-state index in [1.807, 2.05) is 28.7 Å². The van der Waals surface area contributed by atoms with E-state index in [1.54, 1.807) is 54.6 Å². The summed E-state index contributed by atoms with van der Waals surface area (Å²) >= 11 is 1.96. The Morgan fingerprint density at radius 3 is 2.43 bits per heavy atom. The van der Waals surface area contributed by atoms with Gasteiger partial charge >= 0.3 is 5.97 Å². The minimum Gasteiger partial charge on any atom is -0.507 e. The van der Waals surface area contributed by atoms with E-state index in [0.29, 0.717) is 62.0 Å². The highest BCUT2D eigenvalue weighted by Crippen LogP contribution is 2.33. The topological polar surface area (TPSA) is 120 Å². The molecule has 0 atom stereocenters. The van der Waals surface area contributed by atoms with Gasteiger partial charge in [0.25, 0.3) is 0 Å². The molecule has 1 aromatic heterocycles. The van der Waals surface area contributed by atoms with E-state index in [1.165, 1.54) is 6.07 Å². The smallest absolute Gasteiger partial charge is 0.343 e. The highest BCUT2D eigenvalue weighted by Gasteiger charge is 2.23. The number of amides is 1. The van der Waals surface area contributed by atoms with Crippen molar-refractivity contribution in [3.05, 3.63) is 92.8 Å². The summed E-state index contributed by atoms with van der Waals surface area (Å²) in [5, 5.41) is 10.4. The number of halogens is 1. The second-order valence-electron chi connectivity index (χ2n) is 7.98. The summed E-state index contributed by atoms with van der Waals surface area (Å²) < 4.78 is 12.1. The van der Waals surface area contributed by atoms with E-state index in [4.69, 9.17) is 14.9 Å². The summed E-state index contributed by atoms with van der Waals surface area (Å²) in [5.74, 6) is -0.272. The average Bonchev–Trinajstić information content (AvgIpc) is 3.21. The quantitative estimate of drug-likeness (QED) is 0.0897. The molecule has 0 aliphatic rings. The largest absolute Gasteiger partial charge is 0.507 e. The van der Waals surface area contributed by atoms with Gasteiger partial charge in [0.05, 0.1) is 14.7 Å². The number of aryl methyl sites for hydroxylation is 1. The monoisotopic (exact) mass is 583 g/mol. The average molecular weight is 583 g/mol. The number of carbonyl (C=O) groups excluding carboxylic acids is 3. The maximum Gasteiger partial charge on any atom is 0.343 e. The molecule has 0 saturated carbocycles. The van der Waals surface area contributed by atoms with Crippen molar-refractivity contribution in [1.82, 2.24) is 0 Å². The Balaban J connectivity index is 1.68. The van der Waals surface area contributed by atoms with Crippen molar-refractivity contribution < 1.29 is 28.6 Å². The molecule has 8 heteroatoms. The maximum absolute atomic E-state index is 13.5. The number of phenols is 1. The van der Waals surface area contributed by atoms with Crippen LogP contribution in [0.15, 0.2) is 71.1 Å². The zero-order valence-electron chi connectivity index (χ0n) is 18.6. The molecule has 0 spiro atoms. The number of ether oxygens (including phenoxy) is 1. The first-order chi connectivity index (χ1) is 16.8. The number of ketones is 1. The number of hydrogen-bond donors (Lipinski definition) is 2. The number of carbonyl (C=O) groups is 3. The van der Waals surface area contributed by atoms with Gasteiger partial charge in [0.15, 0.2) is 5.78 Å². The maximum atomic E-state index is 13.5. The van der Waals surface area contributed by atoms with Crippen LogP contribution in [-0.4, -0.2) is 22.8 Å². The van der Waals surface area contributed by atoms with Gasteiger partial charge in [-0.25, -0.2) is 4.79 Å². The summed E-state index contributed by atoms with van der Waals surface area (Å²) in [6, 6.07) is 18.2. The first-order valence-electron chi connectivity index (χ1n) is 11.0. The third kappa shape index (κ3) is 5.71. The lowest BCUT2D eigenvalue weighted by Crippen LogP contribution is -2.10. The number of aromatic hydroxyl groups is 1. The van der Waals surface area contributed by atoms with E-state index in [9.17, 15) is 19.5 Å². The van der Waals surface area contributed by atoms with Crippen molar-refractivity contribution in [3.8, 4) is 11.5 Å². The van der Waals surface area contributed by atoms with Gasteiger partial charge in [0.1, 0.15) is 22.8 Å². The molecule has 1 amide bonds. The van der Waals surface area contributed by atoms with E-state index < -0.39 is 5.97 Å². The normalized spacial score (nSPS) is 10.9. The van der Waals surface area contributed by atoms with E-state index in [-0.39, 0.29) is 23.9 Å². The molecule has 0 bridgehead atoms. The molecule has 35 heavy (non-hydrogen) atoms. The molecular formula is C27H22INO6. The van der Waals surface area contributed by atoms with Crippen LogP contribution in [0.4, 0.5) is 0 Å². The molecular weight excluding hydrogens is 561 g/mol. The van der Waals surface area contributed by atoms with Crippen molar-refractivity contribution in [1.29, 1.82) is 0 Å². The highest BCUT2D eigenvalue weighted by molar-refractivity contribution is 14.1. The molecule has 178 valence electrons. The molecule has 0 aliphatic heterocycles. The molecule has 1 heterocycles. The van der Waals surface area contributed by atoms with Crippen molar-refractivity contribution in [3.63, 3.8) is 0 Å². The van der Waals surface area contributed by atoms with Crippen LogP contribution in [-0.2, 0) is 11.2 Å². The molecule has 4 aromatic rings. The first-order valence-corrected chi connectivity index (χ1v) is 12.1. The Hall–Kier alpha value is -3.66. The number of esters is 1. The van der Waals surface area contributed by atoms with Crippen LogP contribution in [0.1, 0.15) is 51.3 Å². The summed E-state index contributed by atoms with van der Waals surface area (Å²) in [7, 11) is 0. The molecule has 0 unspecified atom stereocenters.